The molecule has 0 aromatic carbocycles. The number of ether oxygens (including phenoxy) is 1. The van der Waals surface area contributed by atoms with Crippen molar-refractivity contribution in [3.63, 3.8) is 0 Å². The highest BCUT2D eigenvalue weighted by molar-refractivity contribution is 5.99. The van der Waals surface area contributed by atoms with Crippen LogP contribution in [0.25, 0.3) is 27.9 Å². The Morgan fingerprint density at radius 1 is 1.08 bits per heavy atom. The van der Waals surface area contributed by atoms with Gasteiger partial charge in [-0.25, -0.2) is 13.8 Å². The number of hydrogen-bond acceptors (Lipinski definition) is 5. The number of piperidine rings is 1. The van der Waals surface area contributed by atoms with Crippen molar-refractivity contribution < 1.29 is 31.5 Å². The fraction of sp³-hybridized carbons (Fsp3) is 0.391. The predicted octanol–water partition coefficient (Wildman–Crippen LogP) is 3.84. The molecule has 8 nitrogen and oxygen atoms in total. The Bertz CT molecular complexity index is 1500. The maximum absolute atomic E-state index is 14.2. The molecule has 0 unspecified atom stereocenters. The van der Waals surface area contributed by atoms with Gasteiger partial charge >= 0.3 is 6.18 Å². The summed E-state index contributed by atoms with van der Waals surface area (Å²) in [5.41, 5.74) is 0.00930. The zero-order chi connectivity index (χ0) is 25.2. The highest BCUT2D eigenvalue weighted by Gasteiger charge is 2.42. The summed E-state index contributed by atoms with van der Waals surface area (Å²) in [6.07, 6.45) is 0.407. The molecule has 2 aliphatic rings. The molecule has 0 N–H and O–H groups in total. The Hall–Kier alpha value is -3.61. The normalized spacial score (nSPS) is 17.8. The standard InChI is InChI=1S/C23H19F5N6O2/c24-13-5-15(25)20-30-8-18(33(20)9-13)19-14-7-29-16(6-17(14)34(31-19)10-23(26,27)28)21(35)32-3-1-22(2-4-32)11-36-12-22/h5-9H,1-4,10-12H2. The van der Waals surface area contributed by atoms with E-state index in [-0.39, 0.29) is 45.0 Å². The first-order valence-electron chi connectivity index (χ1n) is 11.3. The maximum atomic E-state index is 14.2. The quantitative estimate of drug-likeness (QED) is 0.395. The summed E-state index contributed by atoms with van der Waals surface area (Å²) in [5, 5.41) is 4.28. The second-order valence-corrected chi connectivity index (χ2v) is 9.34. The van der Waals surface area contributed by atoms with Crippen LogP contribution in [0.4, 0.5) is 22.0 Å². The molecule has 0 radical (unpaired) electrons. The third-order valence-corrected chi connectivity index (χ3v) is 6.88. The molecule has 188 valence electrons. The number of carbonyl (C=O) groups is 1. The molecule has 6 rings (SSSR count). The molecule has 1 amide bonds. The predicted molar refractivity (Wildman–Crippen MR) is 116 cm³/mol. The summed E-state index contributed by atoms with van der Waals surface area (Å²) in [6, 6.07) is 1.94. The third-order valence-electron chi connectivity index (χ3n) is 6.88. The highest BCUT2D eigenvalue weighted by Crippen LogP contribution is 2.39. The van der Waals surface area contributed by atoms with Crippen molar-refractivity contribution in [1.29, 1.82) is 0 Å². The van der Waals surface area contributed by atoms with Gasteiger partial charge in [0.05, 0.1) is 30.6 Å². The van der Waals surface area contributed by atoms with E-state index >= 15 is 0 Å². The molecular weight excluding hydrogens is 487 g/mol. The minimum atomic E-state index is -4.60. The number of aromatic nitrogens is 5. The Labute approximate surface area is 200 Å². The van der Waals surface area contributed by atoms with Gasteiger partial charge in [-0.3, -0.25) is 18.9 Å². The van der Waals surface area contributed by atoms with Crippen molar-refractivity contribution >= 4 is 22.5 Å². The maximum Gasteiger partial charge on any atom is 0.408 e. The molecule has 0 aliphatic carbocycles. The summed E-state index contributed by atoms with van der Waals surface area (Å²) in [7, 11) is 0. The fourth-order valence-corrected chi connectivity index (χ4v) is 4.88. The fourth-order valence-electron chi connectivity index (χ4n) is 4.88. The van der Waals surface area contributed by atoms with Crippen molar-refractivity contribution in [1.82, 2.24) is 29.0 Å². The van der Waals surface area contributed by atoms with Crippen LogP contribution in [0.1, 0.15) is 23.3 Å². The van der Waals surface area contributed by atoms with Crippen molar-refractivity contribution in [2.75, 3.05) is 26.3 Å². The number of rotatable bonds is 3. The Morgan fingerprint density at radius 2 is 1.83 bits per heavy atom. The molecular formula is C23H19F5N6O2. The number of fused-ring (bicyclic) bond motifs is 2. The molecule has 4 aromatic rings. The van der Waals surface area contributed by atoms with Gasteiger partial charge in [0.1, 0.15) is 23.7 Å². The van der Waals surface area contributed by atoms with Gasteiger partial charge in [0.15, 0.2) is 11.5 Å². The van der Waals surface area contributed by atoms with Crippen molar-refractivity contribution in [3.05, 3.63) is 48.1 Å². The second-order valence-electron chi connectivity index (χ2n) is 9.34. The molecule has 6 heterocycles. The molecule has 13 heteroatoms. The Kier molecular flexibility index (Phi) is 5.04. The first-order valence-corrected chi connectivity index (χ1v) is 11.3. The Morgan fingerprint density at radius 3 is 2.50 bits per heavy atom. The average molecular weight is 506 g/mol. The van der Waals surface area contributed by atoms with E-state index in [4.69, 9.17) is 4.74 Å². The van der Waals surface area contributed by atoms with Gasteiger partial charge < -0.3 is 9.64 Å². The molecule has 0 atom stereocenters. The van der Waals surface area contributed by atoms with Crippen LogP contribution in [0.3, 0.4) is 0 Å². The number of likely N-dealkylation sites (tertiary alicyclic amines) is 1. The van der Waals surface area contributed by atoms with Gasteiger partial charge in [-0.15, -0.1) is 0 Å². The molecule has 0 bridgehead atoms. The van der Waals surface area contributed by atoms with Gasteiger partial charge in [-0.1, -0.05) is 0 Å². The number of alkyl halides is 3. The molecule has 0 saturated carbocycles. The minimum absolute atomic E-state index is 0.00291. The third kappa shape index (κ3) is 3.77. The van der Waals surface area contributed by atoms with Gasteiger partial charge in [0, 0.05) is 42.4 Å². The highest BCUT2D eigenvalue weighted by atomic mass is 19.4. The first-order chi connectivity index (χ1) is 17.1. The van der Waals surface area contributed by atoms with E-state index in [0.717, 1.165) is 28.1 Å². The zero-order valence-corrected chi connectivity index (χ0v) is 18.7. The summed E-state index contributed by atoms with van der Waals surface area (Å²) < 4.78 is 75.2. The van der Waals surface area contributed by atoms with Gasteiger partial charge in [0.25, 0.3) is 5.91 Å². The van der Waals surface area contributed by atoms with E-state index in [1.54, 1.807) is 4.90 Å². The van der Waals surface area contributed by atoms with Crippen molar-refractivity contribution in [3.8, 4) is 11.4 Å². The summed E-state index contributed by atoms with van der Waals surface area (Å²) in [5.74, 6) is -2.20. The summed E-state index contributed by atoms with van der Waals surface area (Å²) in [4.78, 5) is 22.9. The van der Waals surface area contributed by atoms with Gasteiger partial charge in [-0.2, -0.15) is 18.3 Å². The second kappa shape index (κ2) is 7.95. The monoisotopic (exact) mass is 506 g/mol. The molecule has 2 aliphatic heterocycles. The van der Waals surface area contributed by atoms with Crippen LogP contribution >= 0.6 is 0 Å². The Balaban J connectivity index is 1.41. The lowest BCUT2D eigenvalue weighted by Gasteiger charge is -2.47. The molecule has 4 aromatic heterocycles. The minimum Gasteiger partial charge on any atom is -0.380 e. The molecule has 36 heavy (non-hydrogen) atoms. The number of imidazole rings is 1. The average Bonchev–Trinajstić information content (AvgIpc) is 3.37. The van der Waals surface area contributed by atoms with Crippen LogP contribution < -0.4 is 0 Å². The van der Waals surface area contributed by atoms with Crippen LogP contribution in [0.5, 0.6) is 0 Å². The zero-order valence-electron chi connectivity index (χ0n) is 18.7. The lowest BCUT2D eigenvalue weighted by molar-refractivity contribution is -0.141. The van der Waals surface area contributed by atoms with E-state index in [1.165, 1.54) is 18.5 Å². The largest absolute Gasteiger partial charge is 0.408 e. The lowest BCUT2D eigenvalue weighted by Crippen LogP contribution is -2.52. The summed E-state index contributed by atoms with van der Waals surface area (Å²) in [6.45, 7) is 0.945. The van der Waals surface area contributed by atoms with Gasteiger partial charge in [0.2, 0.25) is 0 Å². The van der Waals surface area contributed by atoms with Crippen LogP contribution in [0.15, 0.2) is 30.7 Å². The summed E-state index contributed by atoms with van der Waals surface area (Å²) >= 11 is 0. The van der Waals surface area contributed by atoms with E-state index in [2.05, 4.69) is 15.1 Å². The number of hydrogen-bond donors (Lipinski definition) is 0. The smallest absolute Gasteiger partial charge is 0.380 e. The van der Waals surface area contributed by atoms with Crippen molar-refractivity contribution in [2.45, 2.75) is 25.6 Å². The first kappa shape index (κ1) is 22.8. The molecule has 1 spiro atoms. The van der Waals surface area contributed by atoms with Crippen LogP contribution in [0.2, 0.25) is 0 Å². The number of halogens is 5. The van der Waals surface area contributed by atoms with E-state index in [9.17, 15) is 26.7 Å². The lowest BCUT2D eigenvalue weighted by atomic mass is 9.77. The van der Waals surface area contributed by atoms with E-state index < -0.39 is 24.4 Å². The number of carbonyl (C=O) groups excluding carboxylic acids is 1. The molecule has 2 fully saturated rings. The number of pyridine rings is 2. The van der Waals surface area contributed by atoms with Crippen LogP contribution in [0, 0.1) is 17.0 Å². The molecule has 2 saturated heterocycles. The van der Waals surface area contributed by atoms with Crippen LogP contribution in [-0.4, -0.2) is 67.4 Å². The number of nitrogens with zero attached hydrogens (tertiary/aromatic N) is 6. The topological polar surface area (TPSA) is 77.6 Å². The number of amides is 1. The van der Waals surface area contributed by atoms with E-state index in [1.807, 2.05) is 0 Å². The SMILES string of the molecule is O=C(c1cc2c(cn1)c(-c1cnc3c(F)cc(F)cn13)nn2CC(F)(F)F)N1CCC2(CC1)COC2. The van der Waals surface area contributed by atoms with Crippen molar-refractivity contribution in [2.24, 2.45) is 5.41 Å². The van der Waals surface area contributed by atoms with E-state index in [0.29, 0.717) is 32.4 Å². The van der Waals surface area contributed by atoms with Gasteiger partial charge in [-0.05, 0) is 18.9 Å². The van der Waals surface area contributed by atoms with Crippen LogP contribution in [-0.2, 0) is 11.3 Å².